The fraction of sp³-hybridized carbons (Fsp3) is 0.550. The van der Waals surface area contributed by atoms with Crippen molar-refractivity contribution in [3.05, 3.63) is 28.8 Å². The summed E-state index contributed by atoms with van der Waals surface area (Å²) >= 11 is 6.30. The molecule has 2 saturated heterocycles. The van der Waals surface area contributed by atoms with Crippen molar-refractivity contribution in [2.24, 2.45) is 17.8 Å². The van der Waals surface area contributed by atoms with E-state index in [1.807, 2.05) is 40.7 Å². The molecule has 0 saturated carbocycles. The van der Waals surface area contributed by atoms with Crippen molar-refractivity contribution in [3.63, 3.8) is 0 Å². The second-order valence-electron chi connectivity index (χ2n) is 9.02. The van der Waals surface area contributed by atoms with Gasteiger partial charge in [-0.05, 0) is 32.8 Å². The van der Waals surface area contributed by atoms with Crippen LogP contribution in [0.1, 0.15) is 40.2 Å². The Balaban J connectivity index is 1.95. The number of anilines is 1. The van der Waals surface area contributed by atoms with Gasteiger partial charge in [0.15, 0.2) is 0 Å². The van der Waals surface area contributed by atoms with Crippen molar-refractivity contribution < 1.29 is 14.4 Å². The zero-order chi connectivity index (χ0) is 19.9. The lowest BCUT2D eigenvalue weighted by Gasteiger charge is -2.35. The van der Waals surface area contributed by atoms with Gasteiger partial charge in [-0.1, -0.05) is 37.6 Å². The van der Waals surface area contributed by atoms with Crippen molar-refractivity contribution in [2.45, 2.75) is 51.7 Å². The number of hydrogen-bond acceptors (Lipinski definition) is 4. The third-order valence-electron chi connectivity index (χ3n) is 6.02. The van der Waals surface area contributed by atoms with Gasteiger partial charge >= 0.3 is 0 Å². The van der Waals surface area contributed by atoms with E-state index in [1.165, 1.54) is 4.90 Å². The Morgan fingerprint density at radius 1 is 1.15 bits per heavy atom. The molecule has 0 aliphatic carbocycles. The zero-order valence-corrected chi connectivity index (χ0v) is 16.8. The number of imide groups is 1. The van der Waals surface area contributed by atoms with Crippen LogP contribution in [0.3, 0.4) is 0 Å². The van der Waals surface area contributed by atoms with Crippen LogP contribution in [0.4, 0.5) is 5.69 Å². The molecule has 3 heterocycles. The van der Waals surface area contributed by atoms with Gasteiger partial charge in [-0.2, -0.15) is 0 Å². The van der Waals surface area contributed by atoms with Gasteiger partial charge in [0, 0.05) is 17.1 Å². The molecule has 2 N–H and O–H groups in total. The molecule has 3 amide bonds. The normalized spacial score (nSPS) is 32.5. The van der Waals surface area contributed by atoms with Gasteiger partial charge in [0.25, 0.3) is 0 Å². The number of benzene rings is 1. The van der Waals surface area contributed by atoms with Gasteiger partial charge in [0.2, 0.25) is 17.7 Å². The van der Waals surface area contributed by atoms with Crippen LogP contribution in [0.25, 0.3) is 0 Å². The van der Waals surface area contributed by atoms with Crippen LogP contribution >= 0.6 is 11.6 Å². The minimum absolute atomic E-state index is 0.0737. The highest BCUT2D eigenvalue weighted by Crippen LogP contribution is 2.55. The number of carbonyl (C=O) groups excluding carboxylic acids is 3. The maximum atomic E-state index is 13.5. The number of nitrogens with zero attached hydrogens (tertiary/aromatic N) is 1. The van der Waals surface area contributed by atoms with E-state index < -0.39 is 22.9 Å². The Bertz CT molecular complexity index is 876. The highest BCUT2D eigenvalue weighted by Gasteiger charge is 2.71. The number of amides is 3. The summed E-state index contributed by atoms with van der Waals surface area (Å²) in [7, 11) is 0. The first-order valence-corrected chi connectivity index (χ1v) is 9.65. The molecule has 4 atom stereocenters. The van der Waals surface area contributed by atoms with E-state index in [-0.39, 0.29) is 29.7 Å². The Labute approximate surface area is 163 Å². The molecule has 6 nitrogen and oxygen atoms in total. The second kappa shape index (κ2) is 5.55. The van der Waals surface area contributed by atoms with Gasteiger partial charge < -0.3 is 5.32 Å². The molecule has 27 heavy (non-hydrogen) atoms. The quantitative estimate of drug-likeness (QED) is 0.723. The summed E-state index contributed by atoms with van der Waals surface area (Å²) in [6, 6.07) is 5.00. The molecule has 0 radical (unpaired) electrons. The highest BCUT2D eigenvalue weighted by atomic mass is 35.5. The molecule has 144 valence electrons. The molecular weight excluding hydrogens is 366 g/mol. The van der Waals surface area contributed by atoms with E-state index in [0.29, 0.717) is 16.3 Å². The molecule has 0 aromatic heterocycles. The van der Waals surface area contributed by atoms with Crippen LogP contribution in [0.5, 0.6) is 0 Å². The topological polar surface area (TPSA) is 78.5 Å². The molecule has 3 aliphatic rings. The summed E-state index contributed by atoms with van der Waals surface area (Å²) in [5, 5.41) is 6.66. The number of hydrogen-bond donors (Lipinski definition) is 2. The molecule has 3 aliphatic heterocycles. The van der Waals surface area contributed by atoms with Gasteiger partial charge in [-0.25, -0.2) is 0 Å². The lowest BCUT2D eigenvalue weighted by atomic mass is 9.76. The first-order valence-electron chi connectivity index (χ1n) is 9.28. The van der Waals surface area contributed by atoms with Gasteiger partial charge in [-0.15, -0.1) is 0 Å². The van der Waals surface area contributed by atoms with Gasteiger partial charge in [0.05, 0.1) is 22.5 Å². The first kappa shape index (κ1) is 18.4. The van der Waals surface area contributed by atoms with Crippen LogP contribution in [-0.2, 0) is 19.9 Å². The van der Waals surface area contributed by atoms with E-state index in [4.69, 9.17) is 11.6 Å². The molecule has 7 heteroatoms. The minimum atomic E-state index is -1.27. The minimum Gasteiger partial charge on any atom is -0.323 e. The van der Waals surface area contributed by atoms with Crippen molar-refractivity contribution in [1.82, 2.24) is 10.2 Å². The van der Waals surface area contributed by atoms with E-state index in [1.54, 1.807) is 12.1 Å². The standard InChI is InChI=1S/C20H24ClN3O3/c1-9(2)14-12-13(17(26)24(16(12)25)19(3,4)5)20(23-14)10-7-6-8-11(21)15(10)22-18(20)27/h6-9,12-14,23H,1-5H3,(H,22,27)/t12-,13-,14-,20+/m0/s1. The SMILES string of the molecule is CC(C)[C@@H]1N[C@@]2(C(=O)Nc3c(Cl)cccc32)[C@@H]2C(=O)N(C(C)(C)C)C(=O)[C@@H]21. The maximum Gasteiger partial charge on any atom is 0.250 e. The fourth-order valence-corrected chi connectivity index (χ4v) is 5.18. The van der Waals surface area contributed by atoms with Crippen LogP contribution in [0.15, 0.2) is 18.2 Å². The van der Waals surface area contributed by atoms with E-state index in [0.717, 1.165) is 0 Å². The summed E-state index contributed by atoms with van der Waals surface area (Å²) < 4.78 is 0. The summed E-state index contributed by atoms with van der Waals surface area (Å²) in [5.74, 6) is -2.10. The maximum absolute atomic E-state index is 13.5. The number of nitrogens with one attached hydrogen (secondary N) is 2. The molecule has 0 unspecified atom stereocenters. The fourth-order valence-electron chi connectivity index (χ4n) is 4.96. The molecule has 1 spiro atoms. The number of halogens is 1. The molecule has 2 fully saturated rings. The van der Waals surface area contributed by atoms with Crippen molar-refractivity contribution >= 4 is 35.0 Å². The number of likely N-dealkylation sites (tertiary alicyclic amines) is 1. The summed E-state index contributed by atoms with van der Waals surface area (Å²) in [4.78, 5) is 41.3. The Morgan fingerprint density at radius 3 is 2.41 bits per heavy atom. The van der Waals surface area contributed by atoms with Crippen LogP contribution in [-0.4, -0.2) is 34.2 Å². The van der Waals surface area contributed by atoms with E-state index in [9.17, 15) is 14.4 Å². The largest absolute Gasteiger partial charge is 0.323 e. The lowest BCUT2D eigenvalue weighted by molar-refractivity contribution is -0.148. The number of fused-ring (bicyclic) bond motifs is 4. The van der Waals surface area contributed by atoms with Crippen molar-refractivity contribution in [3.8, 4) is 0 Å². The predicted molar refractivity (Wildman–Crippen MR) is 102 cm³/mol. The molecule has 1 aromatic carbocycles. The van der Waals surface area contributed by atoms with Crippen LogP contribution in [0.2, 0.25) is 5.02 Å². The zero-order valence-electron chi connectivity index (χ0n) is 16.1. The van der Waals surface area contributed by atoms with Crippen LogP contribution in [0, 0.1) is 17.8 Å². The summed E-state index contributed by atoms with van der Waals surface area (Å²) in [6.45, 7) is 9.52. The molecule has 4 rings (SSSR count). The van der Waals surface area contributed by atoms with E-state index in [2.05, 4.69) is 10.6 Å². The smallest absolute Gasteiger partial charge is 0.250 e. The van der Waals surface area contributed by atoms with Gasteiger partial charge in [0.1, 0.15) is 5.54 Å². The predicted octanol–water partition coefficient (Wildman–Crippen LogP) is 2.51. The van der Waals surface area contributed by atoms with Crippen molar-refractivity contribution in [1.29, 1.82) is 0 Å². The average molecular weight is 390 g/mol. The van der Waals surface area contributed by atoms with Crippen LogP contribution < -0.4 is 10.6 Å². The molecular formula is C20H24ClN3O3. The highest BCUT2D eigenvalue weighted by molar-refractivity contribution is 6.35. The third kappa shape index (κ3) is 2.20. The van der Waals surface area contributed by atoms with Gasteiger partial charge in [-0.3, -0.25) is 24.6 Å². The first-order chi connectivity index (χ1) is 12.5. The Morgan fingerprint density at radius 2 is 1.81 bits per heavy atom. The van der Waals surface area contributed by atoms with E-state index >= 15 is 0 Å². The summed E-state index contributed by atoms with van der Waals surface area (Å²) in [5.41, 5.74) is -0.746. The Kier molecular flexibility index (Phi) is 3.79. The number of rotatable bonds is 1. The monoisotopic (exact) mass is 389 g/mol. The number of para-hydroxylation sites is 1. The molecule has 1 aromatic rings. The lowest BCUT2D eigenvalue weighted by Crippen LogP contribution is -2.56. The Hall–Kier alpha value is -1.92. The van der Waals surface area contributed by atoms with Crippen molar-refractivity contribution in [2.75, 3.05) is 5.32 Å². The summed E-state index contributed by atoms with van der Waals surface area (Å²) in [6.07, 6.45) is 0. The number of carbonyl (C=O) groups is 3. The second-order valence-corrected chi connectivity index (χ2v) is 9.43. The molecule has 0 bridgehead atoms. The third-order valence-corrected chi connectivity index (χ3v) is 6.34. The average Bonchev–Trinajstić information content (AvgIpc) is 3.13.